The van der Waals surface area contributed by atoms with E-state index in [0.29, 0.717) is 26.1 Å². The van der Waals surface area contributed by atoms with E-state index in [1.807, 2.05) is 0 Å². The predicted molar refractivity (Wildman–Crippen MR) is 72.8 cm³/mol. The molecular formula is C11H7BrCl2N2O2. The van der Waals surface area contributed by atoms with Gasteiger partial charge in [0.25, 0.3) is 0 Å². The first-order valence-electron chi connectivity index (χ1n) is 4.79. The van der Waals surface area contributed by atoms with Gasteiger partial charge in [0.05, 0.1) is 27.8 Å². The lowest BCUT2D eigenvalue weighted by Crippen LogP contribution is -1.95. The number of halogens is 3. The molecule has 0 aliphatic rings. The van der Waals surface area contributed by atoms with Crippen molar-refractivity contribution < 1.29 is 9.47 Å². The molecule has 0 atom stereocenters. The van der Waals surface area contributed by atoms with Crippen molar-refractivity contribution >= 4 is 39.1 Å². The molecule has 0 fully saturated rings. The molecule has 18 heavy (non-hydrogen) atoms. The summed E-state index contributed by atoms with van der Waals surface area (Å²) >= 11 is 14.9. The molecule has 1 heterocycles. The van der Waals surface area contributed by atoms with Gasteiger partial charge >= 0.3 is 6.01 Å². The average molecular weight is 350 g/mol. The van der Waals surface area contributed by atoms with Crippen LogP contribution in [-0.4, -0.2) is 17.1 Å². The lowest BCUT2D eigenvalue weighted by molar-refractivity contribution is 0.373. The second kappa shape index (κ2) is 5.73. The summed E-state index contributed by atoms with van der Waals surface area (Å²) in [6.07, 6.45) is 1.54. The van der Waals surface area contributed by atoms with Gasteiger partial charge in [0, 0.05) is 6.07 Å². The summed E-state index contributed by atoms with van der Waals surface area (Å²) in [6, 6.07) is 5.05. The molecule has 0 unspecified atom stereocenters. The van der Waals surface area contributed by atoms with Crippen LogP contribution in [0.25, 0.3) is 0 Å². The van der Waals surface area contributed by atoms with Crippen molar-refractivity contribution in [3.63, 3.8) is 0 Å². The number of nitrogens with zero attached hydrogens (tertiary/aromatic N) is 2. The Morgan fingerprint density at radius 3 is 2.67 bits per heavy atom. The van der Waals surface area contributed by atoms with Gasteiger partial charge < -0.3 is 9.47 Å². The fourth-order valence-corrected chi connectivity index (χ4v) is 1.82. The highest BCUT2D eigenvalue weighted by Crippen LogP contribution is 2.29. The lowest BCUT2D eigenvalue weighted by Gasteiger charge is -2.06. The molecular weight excluding hydrogens is 343 g/mol. The number of aromatic nitrogens is 2. The van der Waals surface area contributed by atoms with E-state index < -0.39 is 0 Å². The average Bonchev–Trinajstić information content (AvgIpc) is 2.36. The van der Waals surface area contributed by atoms with Crippen LogP contribution in [0.3, 0.4) is 0 Å². The topological polar surface area (TPSA) is 44.2 Å². The van der Waals surface area contributed by atoms with E-state index in [0.717, 1.165) is 0 Å². The van der Waals surface area contributed by atoms with Crippen LogP contribution < -0.4 is 9.47 Å². The molecule has 94 valence electrons. The minimum atomic E-state index is 0.161. The highest BCUT2D eigenvalue weighted by Gasteiger charge is 2.08. The summed E-state index contributed by atoms with van der Waals surface area (Å²) in [7, 11) is 1.51. The lowest BCUT2D eigenvalue weighted by atomic mass is 10.3. The van der Waals surface area contributed by atoms with Crippen LogP contribution in [-0.2, 0) is 0 Å². The summed E-state index contributed by atoms with van der Waals surface area (Å²) < 4.78 is 11.1. The van der Waals surface area contributed by atoms with Crippen molar-refractivity contribution in [2.45, 2.75) is 0 Å². The van der Waals surface area contributed by atoms with Crippen molar-refractivity contribution in [3.8, 4) is 17.6 Å². The molecule has 0 amide bonds. The quantitative estimate of drug-likeness (QED) is 0.826. The minimum Gasteiger partial charge on any atom is -0.480 e. The molecule has 0 spiro atoms. The van der Waals surface area contributed by atoms with Crippen LogP contribution >= 0.6 is 39.1 Å². The van der Waals surface area contributed by atoms with Gasteiger partial charge in [0.15, 0.2) is 0 Å². The van der Waals surface area contributed by atoms with E-state index in [1.165, 1.54) is 7.11 Å². The monoisotopic (exact) mass is 348 g/mol. The predicted octanol–water partition coefficient (Wildman–Crippen LogP) is 4.35. The number of benzene rings is 1. The van der Waals surface area contributed by atoms with Crippen molar-refractivity contribution in [1.29, 1.82) is 0 Å². The highest BCUT2D eigenvalue weighted by molar-refractivity contribution is 9.10. The molecule has 0 N–H and O–H groups in total. The zero-order valence-electron chi connectivity index (χ0n) is 9.15. The molecule has 0 radical (unpaired) electrons. The normalized spacial score (nSPS) is 10.2. The second-order valence-corrected chi connectivity index (χ2v) is 4.86. The van der Waals surface area contributed by atoms with Gasteiger partial charge in [0.1, 0.15) is 5.75 Å². The molecule has 1 aromatic heterocycles. The number of rotatable bonds is 3. The Labute approximate surface area is 122 Å². The fourth-order valence-electron chi connectivity index (χ4n) is 1.17. The van der Waals surface area contributed by atoms with E-state index in [2.05, 4.69) is 25.9 Å². The van der Waals surface area contributed by atoms with Crippen LogP contribution in [0.4, 0.5) is 0 Å². The highest BCUT2D eigenvalue weighted by atomic mass is 79.9. The standard InChI is InChI=1S/C11H7BrCl2N2O2/c1-17-10-7(12)5-15-11(16-10)18-6-2-3-8(13)9(14)4-6/h2-5H,1H3. The van der Waals surface area contributed by atoms with E-state index in [4.69, 9.17) is 32.7 Å². The summed E-state index contributed by atoms with van der Waals surface area (Å²) in [5, 5.41) is 0.858. The van der Waals surface area contributed by atoms with Crippen LogP contribution in [0.5, 0.6) is 17.6 Å². The largest absolute Gasteiger partial charge is 0.480 e. The third-order valence-electron chi connectivity index (χ3n) is 1.98. The smallest absolute Gasteiger partial charge is 0.325 e. The maximum atomic E-state index is 5.88. The van der Waals surface area contributed by atoms with Gasteiger partial charge in [-0.05, 0) is 28.1 Å². The van der Waals surface area contributed by atoms with Gasteiger partial charge in [-0.3, -0.25) is 0 Å². The molecule has 7 heteroatoms. The third-order valence-corrected chi connectivity index (χ3v) is 3.27. The third kappa shape index (κ3) is 3.04. The van der Waals surface area contributed by atoms with Gasteiger partial charge in [-0.2, -0.15) is 4.98 Å². The first-order chi connectivity index (χ1) is 8.60. The molecule has 0 bridgehead atoms. The van der Waals surface area contributed by atoms with E-state index in [-0.39, 0.29) is 6.01 Å². The van der Waals surface area contributed by atoms with Gasteiger partial charge in [-0.15, -0.1) is 0 Å². The SMILES string of the molecule is COc1nc(Oc2ccc(Cl)c(Cl)c2)ncc1Br. The van der Waals surface area contributed by atoms with Crippen molar-refractivity contribution in [3.05, 3.63) is 38.9 Å². The van der Waals surface area contributed by atoms with Crippen molar-refractivity contribution in [2.24, 2.45) is 0 Å². The maximum Gasteiger partial charge on any atom is 0.325 e. The summed E-state index contributed by atoms with van der Waals surface area (Å²) in [5.41, 5.74) is 0. The Bertz CT molecular complexity index is 581. The molecule has 2 rings (SSSR count). The Kier molecular flexibility index (Phi) is 4.27. The molecule has 0 aliphatic heterocycles. The van der Waals surface area contributed by atoms with E-state index >= 15 is 0 Å². The molecule has 0 aliphatic carbocycles. The molecule has 0 saturated carbocycles. The Morgan fingerprint density at radius 1 is 1.22 bits per heavy atom. The number of ether oxygens (including phenoxy) is 2. The Hall–Kier alpha value is -1.04. The molecule has 2 aromatic rings. The zero-order valence-corrected chi connectivity index (χ0v) is 12.3. The van der Waals surface area contributed by atoms with Gasteiger partial charge in [-0.25, -0.2) is 4.98 Å². The zero-order chi connectivity index (χ0) is 13.1. The minimum absolute atomic E-state index is 0.161. The van der Waals surface area contributed by atoms with Crippen LogP contribution in [0.1, 0.15) is 0 Å². The first-order valence-corrected chi connectivity index (χ1v) is 6.34. The Morgan fingerprint density at radius 2 is 2.00 bits per heavy atom. The van der Waals surface area contributed by atoms with Crippen molar-refractivity contribution in [1.82, 2.24) is 9.97 Å². The van der Waals surface area contributed by atoms with Crippen LogP contribution in [0.15, 0.2) is 28.9 Å². The second-order valence-electron chi connectivity index (χ2n) is 3.19. The van der Waals surface area contributed by atoms with Crippen molar-refractivity contribution in [2.75, 3.05) is 7.11 Å². The number of hydrogen-bond donors (Lipinski definition) is 0. The van der Waals surface area contributed by atoms with Gasteiger partial charge in [0.2, 0.25) is 5.88 Å². The van der Waals surface area contributed by atoms with Crippen LogP contribution in [0, 0.1) is 0 Å². The number of methoxy groups -OCH3 is 1. The van der Waals surface area contributed by atoms with E-state index in [1.54, 1.807) is 24.4 Å². The first kappa shape index (κ1) is 13.4. The van der Waals surface area contributed by atoms with Gasteiger partial charge in [-0.1, -0.05) is 23.2 Å². The summed E-state index contributed by atoms with van der Waals surface area (Å²) in [5.74, 6) is 0.883. The number of hydrogen-bond acceptors (Lipinski definition) is 4. The summed E-state index contributed by atoms with van der Waals surface area (Å²) in [6.45, 7) is 0. The summed E-state index contributed by atoms with van der Waals surface area (Å²) in [4.78, 5) is 8.06. The maximum absolute atomic E-state index is 5.88. The fraction of sp³-hybridized carbons (Fsp3) is 0.0909. The Balaban J connectivity index is 2.25. The van der Waals surface area contributed by atoms with Crippen LogP contribution in [0.2, 0.25) is 10.0 Å². The van der Waals surface area contributed by atoms with E-state index in [9.17, 15) is 0 Å². The molecule has 4 nitrogen and oxygen atoms in total. The molecule has 0 saturated heterocycles. The molecule has 1 aromatic carbocycles.